The van der Waals surface area contributed by atoms with Gasteiger partial charge in [-0.05, 0) is 18.6 Å². The SMILES string of the molecule is CCCC[C@H]1C(=O)N(C)CCN1C(=O)c1ccccc1C(F)(F)F. The van der Waals surface area contributed by atoms with E-state index in [1.165, 1.54) is 28.0 Å². The Morgan fingerprint density at radius 2 is 1.92 bits per heavy atom. The lowest BCUT2D eigenvalue weighted by atomic mass is 10.0. The summed E-state index contributed by atoms with van der Waals surface area (Å²) in [6.07, 6.45) is -2.58. The van der Waals surface area contributed by atoms with Gasteiger partial charge in [0, 0.05) is 20.1 Å². The van der Waals surface area contributed by atoms with Crippen molar-refractivity contribution in [2.45, 2.75) is 38.4 Å². The van der Waals surface area contributed by atoms with Crippen LogP contribution in [0.25, 0.3) is 0 Å². The minimum Gasteiger partial charge on any atom is -0.342 e. The van der Waals surface area contributed by atoms with Crippen LogP contribution in [0.5, 0.6) is 0 Å². The van der Waals surface area contributed by atoms with Crippen LogP contribution >= 0.6 is 0 Å². The Morgan fingerprint density at radius 3 is 2.54 bits per heavy atom. The molecule has 1 saturated heterocycles. The summed E-state index contributed by atoms with van der Waals surface area (Å²) in [5.41, 5.74) is -1.36. The summed E-state index contributed by atoms with van der Waals surface area (Å²) in [5.74, 6) is -0.946. The van der Waals surface area contributed by atoms with Crippen LogP contribution in [0, 0.1) is 0 Å². The van der Waals surface area contributed by atoms with Gasteiger partial charge in [-0.2, -0.15) is 13.2 Å². The van der Waals surface area contributed by atoms with E-state index >= 15 is 0 Å². The molecule has 1 aliphatic heterocycles. The Hall–Kier alpha value is -2.05. The van der Waals surface area contributed by atoms with Gasteiger partial charge in [0.05, 0.1) is 11.1 Å². The van der Waals surface area contributed by atoms with Crippen molar-refractivity contribution in [3.63, 3.8) is 0 Å². The summed E-state index contributed by atoms with van der Waals surface area (Å²) >= 11 is 0. The van der Waals surface area contributed by atoms with E-state index in [0.717, 1.165) is 18.9 Å². The van der Waals surface area contributed by atoms with Crippen LogP contribution in [-0.2, 0) is 11.0 Å². The molecule has 24 heavy (non-hydrogen) atoms. The van der Waals surface area contributed by atoms with E-state index in [1.807, 2.05) is 6.92 Å². The third-order valence-corrected chi connectivity index (χ3v) is 4.27. The van der Waals surface area contributed by atoms with E-state index in [1.54, 1.807) is 7.05 Å². The van der Waals surface area contributed by atoms with Gasteiger partial charge in [0.2, 0.25) is 5.91 Å². The summed E-state index contributed by atoms with van der Waals surface area (Å²) in [7, 11) is 1.65. The molecule has 0 aromatic heterocycles. The average Bonchev–Trinajstić information content (AvgIpc) is 2.55. The lowest BCUT2D eigenvalue weighted by Gasteiger charge is -2.39. The summed E-state index contributed by atoms with van der Waals surface area (Å²) < 4.78 is 39.5. The first-order valence-corrected chi connectivity index (χ1v) is 7.99. The molecule has 2 rings (SSSR count). The molecule has 1 aromatic rings. The Morgan fingerprint density at radius 1 is 1.25 bits per heavy atom. The zero-order chi connectivity index (χ0) is 17.9. The fraction of sp³-hybridized carbons (Fsp3) is 0.529. The van der Waals surface area contributed by atoms with Gasteiger partial charge in [-0.3, -0.25) is 9.59 Å². The molecule has 0 N–H and O–H groups in total. The average molecular weight is 342 g/mol. The van der Waals surface area contributed by atoms with Crippen molar-refractivity contribution in [2.24, 2.45) is 0 Å². The maximum Gasteiger partial charge on any atom is 0.417 e. The van der Waals surface area contributed by atoms with Crippen molar-refractivity contribution in [3.8, 4) is 0 Å². The fourth-order valence-electron chi connectivity index (χ4n) is 2.90. The summed E-state index contributed by atoms with van der Waals surface area (Å²) in [4.78, 5) is 27.9. The molecule has 0 saturated carbocycles. The number of unbranched alkanes of at least 4 members (excludes halogenated alkanes) is 1. The Bertz CT molecular complexity index is 616. The highest BCUT2D eigenvalue weighted by Gasteiger charge is 2.40. The highest BCUT2D eigenvalue weighted by Crippen LogP contribution is 2.33. The molecule has 0 bridgehead atoms. The monoisotopic (exact) mass is 342 g/mol. The van der Waals surface area contributed by atoms with Crippen molar-refractivity contribution in [2.75, 3.05) is 20.1 Å². The first-order chi connectivity index (χ1) is 11.3. The number of hydrogen-bond donors (Lipinski definition) is 0. The van der Waals surface area contributed by atoms with Crippen molar-refractivity contribution < 1.29 is 22.8 Å². The van der Waals surface area contributed by atoms with Crippen molar-refractivity contribution >= 4 is 11.8 Å². The fourth-order valence-corrected chi connectivity index (χ4v) is 2.90. The quantitative estimate of drug-likeness (QED) is 0.843. The number of benzene rings is 1. The van der Waals surface area contributed by atoms with E-state index in [9.17, 15) is 22.8 Å². The zero-order valence-electron chi connectivity index (χ0n) is 13.8. The normalized spacial score (nSPS) is 18.9. The second-order valence-electron chi connectivity index (χ2n) is 5.96. The van der Waals surface area contributed by atoms with Gasteiger partial charge in [-0.25, -0.2) is 0 Å². The molecule has 0 unspecified atom stereocenters. The minimum absolute atomic E-state index is 0.215. The third-order valence-electron chi connectivity index (χ3n) is 4.27. The maximum atomic E-state index is 13.2. The number of piperazine rings is 1. The molecule has 132 valence electrons. The van der Waals surface area contributed by atoms with Gasteiger partial charge in [-0.15, -0.1) is 0 Å². The summed E-state index contributed by atoms with van der Waals surface area (Å²) in [5, 5.41) is 0. The lowest BCUT2D eigenvalue weighted by Crippen LogP contribution is -2.57. The summed E-state index contributed by atoms with van der Waals surface area (Å²) in [6, 6.07) is 4.03. The molecule has 1 atom stereocenters. The van der Waals surface area contributed by atoms with Crippen molar-refractivity contribution in [3.05, 3.63) is 35.4 Å². The van der Waals surface area contributed by atoms with Gasteiger partial charge >= 0.3 is 6.18 Å². The molecule has 1 fully saturated rings. The largest absolute Gasteiger partial charge is 0.417 e. The number of halogens is 3. The van der Waals surface area contributed by atoms with Gasteiger partial charge in [-0.1, -0.05) is 31.9 Å². The molecule has 0 aliphatic carbocycles. The van der Waals surface area contributed by atoms with Gasteiger partial charge in [0.25, 0.3) is 5.91 Å². The van der Waals surface area contributed by atoms with Crippen LogP contribution in [-0.4, -0.2) is 47.8 Å². The first-order valence-electron chi connectivity index (χ1n) is 7.99. The molecule has 2 amide bonds. The minimum atomic E-state index is -4.61. The zero-order valence-corrected chi connectivity index (χ0v) is 13.8. The van der Waals surface area contributed by atoms with E-state index in [4.69, 9.17) is 0 Å². The second kappa shape index (κ2) is 7.23. The highest BCUT2D eigenvalue weighted by molar-refractivity contribution is 5.99. The standard InChI is InChI=1S/C17H21F3N2O2/c1-3-4-9-14-16(24)21(2)10-11-22(14)15(23)12-7-5-6-8-13(12)17(18,19)20/h5-8,14H,3-4,9-11H2,1-2H3/t14-/m0/s1. The van der Waals surface area contributed by atoms with Crippen molar-refractivity contribution in [1.29, 1.82) is 0 Å². The Kier molecular flexibility index (Phi) is 5.51. The highest BCUT2D eigenvalue weighted by atomic mass is 19.4. The van der Waals surface area contributed by atoms with Crippen LogP contribution in [0.15, 0.2) is 24.3 Å². The van der Waals surface area contributed by atoms with Crippen LogP contribution in [0.3, 0.4) is 0 Å². The summed E-state index contributed by atoms with van der Waals surface area (Å²) in [6.45, 7) is 2.52. The maximum absolute atomic E-state index is 13.2. The van der Waals surface area contributed by atoms with Gasteiger partial charge in [0.1, 0.15) is 6.04 Å². The second-order valence-corrected chi connectivity index (χ2v) is 5.96. The number of nitrogens with zero attached hydrogens (tertiary/aromatic N) is 2. The van der Waals surface area contributed by atoms with E-state index in [-0.39, 0.29) is 12.5 Å². The topological polar surface area (TPSA) is 40.6 Å². The van der Waals surface area contributed by atoms with Crippen molar-refractivity contribution in [1.82, 2.24) is 9.80 Å². The van der Waals surface area contributed by atoms with Crippen LogP contribution < -0.4 is 0 Å². The molecule has 7 heteroatoms. The van der Waals surface area contributed by atoms with E-state index in [2.05, 4.69) is 0 Å². The molecule has 0 radical (unpaired) electrons. The van der Waals surface area contributed by atoms with E-state index < -0.39 is 29.3 Å². The van der Waals surface area contributed by atoms with E-state index in [0.29, 0.717) is 13.0 Å². The van der Waals surface area contributed by atoms with Crippen LogP contribution in [0.4, 0.5) is 13.2 Å². The molecule has 0 spiro atoms. The number of likely N-dealkylation sites (N-methyl/N-ethyl adjacent to an activating group) is 1. The molecule has 1 aromatic carbocycles. The van der Waals surface area contributed by atoms with Crippen LogP contribution in [0.2, 0.25) is 0 Å². The molecular formula is C17H21F3N2O2. The number of amides is 2. The van der Waals surface area contributed by atoms with Crippen LogP contribution in [0.1, 0.15) is 42.1 Å². The Labute approximate surface area is 139 Å². The smallest absolute Gasteiger partial charge is 0.342 e. The molecule has 4 nitrogen and oxygen atoms in total. The third kappa shape index (κ3) is 3.71. The number of carbonyl (C=O) groups is 2. The molecule has 1 aliphatic rings. The molecular weight excluding hydrogens is 321 g/mol. The Balaban J connectivity index is 2.35. The number of alkyl halides is 3. The predicted molar refractivity (Wildman–Crippen MR) is 83.4 cm³/mol. The van der Waals surface area contributed by atoms with Gasteiger partial charge in [0.15, 0.2) is 0 Å². The lowest BCUT2D eigenvalue weighted by molar-refractivity contribution is -0.139. The van der Waals surface area contributed by atoms with Gasteiger partial charge < -0.3 is 9.80 Å². The number of hydrogen-bond acceptors (Lipinski definition) is 2. The first kappa shape index (κ1) is 18.3. The number of carbonyl (C=O) groups excluding carboxylic acids is 2. The predicted octanol–water partition coefficient (Wildman–Crippen LogP) is 3.18. The number of rotatable bonds is 4. The molecule has 1 heterocycles.